The molecule has 0 aromatic heterocycles. The number of carbonyl (C=O) groups excluding carboxylic acids is 2. The summed E-state index contributed by atoms with van der Waals surface area (Å²) in [5.74, 6) is -2.66. The smallest absolute Gasteiger partial charge is 0.409 e. The van der Waals surface area contributed by atoms with Crippen LogP contribution < -0.4 is 0 Å². The van der Waals surface area contributed by atoms with Gasteiger partial charge in [-0.2, -0.15) is 0 Å². The average molecular weight is 245 g/mol. The van der Waals surface area contributed by atoms with Crippen LogP contribution in [-0.2, 0) is 19.1 Å². The van der Waals surface area contributed by atoms with Crippen molar-refractivity contribution >= 4 is 18.0 Å². The van der Waals surface area contributed by atoms with Gasteiger partial charge >= 0.3 is 18.0 Å². The molecule has 7 nitrogen and oxygen atoms in total. The number of esters is 1. The highest BCUT2D eigenvalue weighted by Gasteiger charge is 2.41. The lowest BCUT2D eigenvalue weighted by molar-refractivity contribution is -0.153. The molecular weight excluding hydrogens is 230 g/mol. The topological polar surface area (TPSA) is 93.1 Å². The van der Waals surface area contributed by atoms with E-state index >= 15 is 0 Å². The Kier molecular flexibility index (Phi) is 4.30. The molecule has 17 heavy (non-hydrogen) atoms. The van der Waals surface area contributed by atoms with Gasteiger partial charge in [0, 0.05) is 19.0 Å². The highest BCUT2D eigenvalue weighted by atomic mass is 16.5. The predicted molar refractivity (Wildman–Crippen MR) is 55.2 cm³/mol. The molecule has 0 saturated carbocycles. The highest BCUT2D eigenvalue weighted by molar-refractivity contribution is 5.79. The quantitative estimate of drug-likeness (QED) is 0.698. The van der Waals surface area contributed by atoms with Crippen LogP contribution in [0.4, 0.5) is 4.79 Å². The number of amides is 1. The predicted octanol–water partition coefficient (Wildman–Crippen LogP) is -0.0515. The number of rotatable bonds is 4. The number of carboxylic acids is 1. The van der Waals surface area contributed by atoms with E-state index in [9.17, 15) is 14.4 Å². The molecule has 0 spiro atoms. The first kappa shape index (κ1) is 13.3. The van der Waals surface area contributed by atoms with Crippen molar-refractivity contribution in [3.05, 3.63) is 0 Å². The summed E-state index contributed by atoms with van der Waals surface area (Å²) >= 11 is 0. The molecule has 1 atom stereocenters. The van der Waals surface area contributed by atoms with Crippen LogP contribution in [0.5, 0.6) is 0 Å². The molecule has 0 aromatic rings. The number of aliphatic carboxylic acids is 1. The molecule has 1 heterocycles. The number of likely N-dealkylation sites (tertiary alicyclic amines) is 1. The van der Waals surface area contributed by atoms with E-state index in [4.69, 9.17) is 5.11 Å². The van der Waals surface area contributed by atoms with Gasteiger partial charge in [-0.15, -0.1) is 0 Å². The van der Waals surface area contributed by atoms with Crippen molar-refractivity contribution in [1.29, 1.82) is 0 Å². The lowest BCUT2D eigenvalue weighted by Gasteiger charge is -2.40. The van der Waals surface area contributed by atoms with Crippen molar-refractivity contribution in [1.82, 2.24) is 4.90 Å². The SMILES string of the molecule is COC(=O)CC(C(=O)O)C1CN(C(=O)OC)C1. The maximum absolute atomic E-state index is 11.1. The Morgan fingerprint density at radius 3 is 2.29 bits per heavy atom. The minimum atomic E-state index is -1.05. The van der Waals surface area contributed by atoms with Gasteiger partial charge in [0.2, 0.25) is 0 Å². The van der Waals surface area contributed by atoms with Gasteiger partial charge in [0.05, 0.1) is 26.6 Å². The Hall–Kier alpha value is -1.79. The van der Waals surface area contributed by atoms with E-state index in [0.29, 0.717) is 13.1 Å². The van der Waals surface area contributed by atoms with Crippen molar-refractivity contribution in [3.63, 3.8) is 0 Å². The van der Waals surface area contributed by atoms with Crippen molar-refractivity contribution in [2.24, 2.45) is 11.8 Å². The van der Waals surface area contributed by atoms with Crippen LogP contribution in [0.25, 0.3) is 0 Å². The zero-order chi connectivity index (χ0) is 13.0. The normalized spacial score (nSPS) is 16.9. The molecule has 1 fully saturated rings. The molecule has 1 aliphatic rings. The van der Waals surface area contributed by atoms with E-state index in [1.165, 1.54) is 19.1 Å². The first-order chi connectivity index (χ1) is 7.99. The van der Waals surface area contributed by atoms with Gasteiger partial charge in [-0.25, -0.2) is 4.79 Å². The van der Waals surface area contributed by atoms with Gasteiger partial charge in [0.1, 0.15) is 0 Å². The fraction of sp³-hybridized carbons (Fsp3) is 0.700. The van der Waals surface area contributed by atoms with Crippen molar-refractivity contribution in [3.8, 4) is 0 Å². The van der Waals surface area contributed by atoms with Crippen LogP contribution in [0.2, 0.25) is 0 Å². The number of hydrogen-bond acceptors (Lipinski definition) is 5. The first-order valence-electron chi connectivity index (χ1n) is 5.12. The third-order valence-electron chi connectivity index (χ3n) is 2.84. The Balaban J connectivity index is 2.50. The molecule has 1 N–H and O–H groups in total. The average Bonchev–Trinajstić information content (AvgIpc) is 2.24. The van der Waals surface area contributed by atoms with Gasteiger partial charge in [0.25, 0.3) is 0 Å². The zero-order valence-electron chi connectivity index (χ0n) is 9.71. The van der Waals surface area contributed by atoms with Crippen molar-refractivity contribution < 1.29 is 29.0 Å². The Morgan fingerprint density at radius 2 is 1.88 bits per heavy atom. The van der Waals surface area contributed by atoms with Crippen LogP contribution in [0.3, 0.4) is 0 Å². The monoisotopic (exact) mass is 245 g/mol. The van der Waals surface area contributed by atoms with Crippen LogP contribution in [0.1, 0.15) is 6.42 Å². The van der Waals surface area contributed by atoms with E-state index in [0.717, 1.165) is 0 Å². The van der Waals surface area contributed by atoms with E-state index in [1.54, 1.807) is 0 Å². The summed E-state index contributed by atoms with van der Waals surface area (Å²) in [6, 6.07) is 0. The number of carboxylic acid groups (broad SMARTS) is 1. The third kappa shape index (κ3) is 3.08. The number of ether oxygens (including phenoxy) is 2. The first-order valence-corrected chi connectivity index (χ1v) is 5.12. The van der Waals surface area contributed by atoms with Gasteiger partial charge < -0.3 is 19.5 Å². The standard InChI is InChI=1S/C10H15NO6/c1-16-8(12)3-7(9(13)14)6-4-11(5-6)10(15)17-2/h6-7H,3-5H2,1-2H3,(H,13,14). The summed E-state index contributed by atoms with van der Waals surface area (Å²) in [6.45, 7) is 0.585. The second-order valence-electron chi connectivity index (χ2n) is 3.86. The molecular formula is C10H15NO6. The van der Waals surface area contributed by atoms with Crippen LogP contribution in [-0.4, -0.2) is 55.3 Å². The summed E-state index contributed by atoms with van der Waals surface area (Å²) in [5.41, 5.74) is 0. The molecule has 1 aliphatic heterocycles. The zero-order valence-corrected chi connectivity index (χ0v) is 9.71. The maximum atomic E-state index is 11.1. The number of hydrogen-bond donors (Lipinski definition) is 1. The largest absolute Gasteiger partial charge is 0.481 e. The maximum Gasteiger partial charge on any atom is 0.409 e. The van der Waals surface area contributed by atoms with Crippen LogP contribution >= 0.6 is 0 Å². The van der Waals surface area contributed by atoms with Crippen LogP contribution in [0, 0.1) is 11.8 Å². The molecule has 1 amide bonds. The third-order valence-corrected chi connectivity index (χ3v) is 2.84. The van der Waals surface area contributed by atoms with Gasteiger partial charge in [0.15, 0.2) is 0 Å². The van der Waals surface area contributed by atoms with Gasteiger partial charge in [-0.1, -0.05) is 0 Å². The summed E-state index contributed by atoms with van der Waals surface area (Å²) < 4.78 is 8.93. The van der Waals surface area contributed by atoms with Gasteiger partial charge in [-0.3, -0.25) is 9.59 Å². The lowest BCUT2D eigenvalue weighted by atomic mass is 9.84. The fourth-order valence-electron chi connectivity index (χ4n) is 1.76. The Morgan fingerprint density at radius 1 is 1.29 bits per heavy atom. The minimum absolute atomic E-state index is 0.175. The van der Waals surface area contributed by atoms with Crippen molar-refractivity contribution in [2.75, 3.05) is 27.3 Å². The summed E-state index contributed by atoms with van der Waals surface area (Å²) in [5, 5.41) is 8.99. The Labute approximate surface area is 98.3 Å². The van der Waals surface area contributed by atoms with E-state index in [1.807, 2.05) is 0 Å². The number of nitrogens with zero attached hydrogens (tertiary/aromatic N) is 1. The second kappa shape index (κ2) is 5.51. The summed E-state index contributed by atoms with van der Waals surface area (Å²) in [4.78, 5) is 34.5. The molecule has 7 heteroatoms. The lowest BCUT2D eigenvalue weighted by Crippen LogP contribution is -2.54. The summed E-state index contributed by atoms with van der Waals surface area (Å²) in [6.07, 6.45) is -0.658. The molecule has 0 radical (unpaired) electrons. The van der Waals surface area contributed by atoms with E-state index < -0.39 is 23.9 Å². The highest BCUT2D eigenvalue weighted by Crippen LogP contribution is 2.27. The molecule has 1 rings (SSSR count). The fourth-order valence-corrected chi connectivity index (χ4v) is 1.76. The molecule has 1 unspecified atom stereocenters. The van der Waals surface area contributed by atoms with Crippen LogP contribution in [0.15, 0.2) is 0 Å². The van der Waals surface area contributed by atoms with Crippen molar-refractivity contribution in [2.45, 2.75) is 6.42 Å². The van der Waals surface area contributed by atoms with E-state index in [-0.39, 0.29) is 12.3 Å². The molecule has 96 valence electrons. The minimum Gasteiger partial charge on any atom is -0.481 e. The molecule has 1 saturated heterocycles. The Bertz CT molecular complexity index is 323. The van der Waals surface area contributed by atoms with Gasteiger partial charge in [-0.05, 0) is 0 Å². The van der Waals surface area contributed by atoms with E-state index in [2.05, 4.69) is 9.47 Å². The number of methoxy groups -OCH3 is 2. The molecule has 0 aliphatic carbocycles. The second-order valence-corrected chi connectivity index (χ2v) is 3.86. The summed E-state index contributed by atoms with van der Waals surface area (Å²) in [7, 11) is 2.47. The molecule has 0 bridgehead atoms. The number of carbonyl (C=O) groups is 3. The molecule has 0 aromatic carbocycles.